The summed E-state index contributed by atoms with van der Waals surface area (Å²) < 4.78 is 33.4. The first-order valence-corrected chi connectivity index (χ1v) is 7.29. The molecule has 5 heteroatoms. The van der Waals surface area contributed by atoms with Crippen LogP contribution in [0.4, 0.5) is 8.78 Å². The van der Waals surface area contributed by atoms with Gasteiger partial charge >= 0.3 is 0 Å². The van der Waals surface area contributed by atoms with Crippen LogP contribution in [0.15, 0.2) is 40.9 Å². The first-order valence-electron chi connectivity index (χ1n) is 6.50. The van der Waals surface area contributed by atoms with Crippen LogP contribution in [0.1, 0.15) is 17.2 Å². The zero-order valence-corrected chi connectivity index (χ0v) is 13.4. The number of rotatable bonds is 5. The fraction of sp³-hybridized carbons (Fsp3) is 0.250. The first-order chi connectivity index (χ1) is 10.1. The van der Waals surface area contributed by atoms with Gasteiger partial charge in [-0.25, -0.2) is 8.78 Å². The van der Waals surface area contributed by atoms with Gasteiger partial charge in [0.15, 0.2) is 11.6 Å². The molecule has 0 aliphatic heterocycles. The van der Waals surface area contributed by atoms with E-state index in [9.17, 15) is 8.78 Å². The Kier molecular flexibility index (Phi) is 5.31. The minimum Gasteiger partial charge on any atom is -0.496 e. The monoisotopic (exact) mass is 355 g/mol. The molecule has 1 atom stereocenters. The topological polar surface area (TPSA) is 21.3 Å². The van der Waals surface area contributed by atoms with Gasteiger partial charge in [-0.3, -0.25) is 0 Å². The molecular weight excluding hydrogens is 340 g/mol. The highest BCUT2D eigenvalue weighted by molar-refractivity contribution is 9.10. The molecule has 2 aromatic rings. The van der Waals surface area contributed by atoms with Crippen molar-refractivity contribution < 1.29 is 13.5 Å². The number of likely N-dealkylation sites (N-methyl/N-ethyl adjacent to an activating group) is 1. The van der Waals surface area contributed by atoms with E-state index in [1.807, 2.05) is 18.2 Å². The molecule has 0 amide bonds. The standard InChI is InChI=1S/C16H16BrF2NO/c1-20-14(8-10-4-3-5-13(18)16(10)19)12-9-11(17)6-7-15(12)21-2/h3-7,9,14,20H,8H2,1-2H3. The van der Waals surface area contributed by atoms with Gasteiger partial charge in [0, 0.05) is 16.1 Å². The third-order valence-corrected chi connectivity index (χ3v) is 3.86. The highest BCUT2D eigenvalue weighted by atomic mass is 79.9. The molecule has 0 fully saturated rings. The van der Waals surface area contributed by atoms with E-state index in [4.69, 9.17) is 4.74 Å². The molecule has 0 radical (unpaired) electrons. The maximum atomic E-state index is 13.8. The van der Waals surface area contributed by atoms with Crippen LogP contribution in [0.25, 0.3) is 0 Å². The summed E-state index contributed by atoms with van der Waals surface area (Å²) in [7, 11) is 3.37. The average molecular weight is 356 g/mol. The number of hydrogen-bond acceptors (Lipinski definition) is 2. The fourth-order valence-electron chi connectivity index (χ4n) is 2.27. The lowest BCUT2D eigenvalue weighted by molar-refractivity contribution is 0.400. The maximum Gasteiger partial charge on any atom is 0.162 e. The highest BCUT2D eigenvalue weighted by Crippen LogP contribution is 2.31. The van der Waals surface area contributed by atoms with Gasteiger partial charge in [0.2, 0.25) is 0 Å². The van der Waals surface area contributed by atoms with E-state index in [1.165, 1.54) is 6.07 Å². The van der Waals surface area contributed by atoms with Crippen molar-refractivity contribution in [2.75, 3.05) is 14.2 Å². The number of hydrogen-bond donors (Lipinski definition) is 1. The lowest BCUT2D eigenvalue weighted by Crippen LogP contribution is -2.20. The molecule has 2 nitrogen and oxygen atoms in total. The van der Waals surface area contributed by atoms with Crippen molar-refractivity contribution in [3.8, 4) is 5.75 Å². The molecule has 0 heterocycles. The Hall–Kier alpha value is -1.46. The lowest BCUT2D eigenvalue weighted by Gasteiger charge is -2.20. The Morgan fingerprint density at radius 3 is 2.67 bits per heavy atom. The van der Waals surface area contributed by atoms with Gasteiger partial charge < -0.3 is 10.1 Å². The Balaban J connectivity index is 2.36. The summed E-state index contributed by atoms with van der Waals surface area (Å²) in [6, 6.07) is 9.66. The van der Waals surface area contributed by atoms with E-state index in [0.29, 0.717) is 17.7 Å². The quantitative estimate of drug-likeness (QED) is 0.865. The SMILES string of the molecule is CNC(Cc1cccc(F)c1F)c1cc(Br)ccc1OC. The van der Waals surface area contributed by atoms with E-state index in [2.05, 4.69) is 21.2 Å². The Bertz CT molecular complexity index is 634. The van der Waals surface area contributed by atoms with Crippen molar-refractivity contribution >= 4 is 15.9 Å². The fourth-order valence-corrected chi connectivity index (χ4v) is 2.65. The van der Waals surface area contributed by atoms with Gasteiger partial charge in [-0.1, -0.05) is 28.1 Å². The molecule has 2 aromatic carbocycles. The number of methoxy groups -OCH3 is 1. The summed E-state index contributed by atoms with van der Waals surface area (Å²) in [4.78, 5) is 0. The summed E-state index contributed by atoms with van der Waals surface area (Å²) in [5.74, 6) is -0.926. The summed E-state index contributed by atoms with van der Waals surface area (Å²) in [6.07, 6.45) is 0.326. The average Bonchev–Trinajstić information content (AvgIpc) is 2.49. The smallest absolute Gasteiger partial charge is 0.162 e. The van der Waals surface area contributed by atoms with Crippen molar-refractivity contribution in [1.82, 2.24) is 5.32 Å². The predicted octanol–water partition coefficient (Wildman–Crippen LogP) is 4.24. The van der Waals surface area contributed by atoms with Crippen LogP contribution in [0, 0.1) is 11.6 Å². The molecule has 21 heavy (non-hydrogen) atoms. The van der Waals surface area contributed by atoms with Crippen molar-refractivity contribution in [3.63, 3.8) is 0 Å². The Labute approximate surface area is 131 Å². The predicted molar refractivity (Wildman–Crippen MR) is 82.6 cm³/mol. The van der Waals surface area contributed by atoms with Gasteiger partial charge in [-0.15, -0.1) is 0 Å². The van der Waals surface area contributed by atoms with Crippen LogP contribution >= 0.6 is 15.9 Å². The molecule has 1 N–H and O–H groups in total. The molecule has 0 aliphatic carbocycles. The van der Waals surface area contributed by atoms with Crippen LogP contribution in [-0.2, 0) is 6.42 Å². The second-order valence-electron chi connectivity index (χ2n) is 4.64. The van der Waals surface area contributed by atoms with Crippen LogP contribution < -0.4 is 10.1 Å². The van der Waals surface area contributed by atoms with Gasteiger partial charge in [-0.2, -0.15) is 0 Å². The number of benzene rings is 2. The molecule has 1 unspecified atom stereocenters. The summed E-state index contributed by atoms with van der Waals surface area (Å²) in [5, 5.41) is 3.13. The number of halogens is 3. The first kappa shape index (κ1) is 15.9. The summed E-state index contributed by atoms with van der Waals surface area (Å²) in [6.45, 7) is 0. The van der Waals surface area contributed by atoms with Crippen molar-refractivity contribution in [3.05, 3.63) is 63.6 Å². The van der Waals surface area contributed by atoms with E-state index in [1.54, 1.807) is 20.2 Å². The van der Waals surface area contributed by atoms with Crippen LogP contribution in [0.3, 0.4) is 0 Å². The van der Waals surface area contributed by atoms with Crippen LogP contribution in [0.5, 0.6) is 5.75 Å². The number of nitrogens with one attached hydrogen (secondary N) is 1. The van der Waals surface area contributed by atoms with Gasteiger partial charge in [-0.05, 0) is 43.3 Å². The van der Waals surface area contributed by atoms with Crippen LogP contribution in [0.2, 0.25) is 0 Å². The Morgan fingerprint density at radius 2 is 2.00 bits per heavy atom. The molecule has 0 aromatic heterocycles. The largest absolute Gasteiger partial charge is 0.496 e. The molecular formula is C16H16BrF2NO. The van der Waals surface area contributed by atoms with Gasteiger partial charge in [0.25, 0.3) is 0 Å². The molecule has 112 valence electrons. The highest BCUT2D eigenvalue weighted by Gasteiger charge is 2.18. The van der Waals surface area contributed by atoms with Gasteiger partial charge in [0.05, 0.1) is 7.11 Å². The third kappa shape index (κ3) is 3.60. The molecule has 0 saturated carbocycles. The third-order valence-electron chi connectivity index (χ3n) is 3.37. The second kappa shape index (κ2) is 7.00. The van der Waals surface area contributed by atoms with E-state index < -0.39 is 11.6 Å². The molecule has 0 bridgehead atoms. The van der Waals surface area contributed by atoms with Crippen molar-refractivity contribution in [1.29, 1.82) is 0 Å². The minimum absolute atomic E-state index is 0.186. The minimum atomic E-state index is -0.830. The molecule has 0 saturated heterocycles. The summed E-state index contributed by atoms with van der Waals surface area (Å²) >= 11 is 3.42. The maximum absolute atomic E-state index is 13.8. The Morgan fingerprint density at radius 1 is 1.24 bits per heavy atom. The van der Waals surface area contributed by atoms with E-state index >= 15 is 0 Å². The second-order valence-corrected chi connectivity index (χ2v) is 5.56. The zero-order valence-electron chi connectivity index (χ0n) is 11.8. The van der Waals surface area contributed by atoms with Crippen molar-refractivity contribution in [2.24, 2.45) is 0 Å². The zero-order chi connectivity index (χ0) is 15.4. The molecule has 2 rings (SSSR count). The van der Waals surface area contributed by atoms with Crippen LogP contribution in [-0.4, -0.2) is 14.2 Å². The molecule has 0 spiro atoms. The van der Waals surface area contributed by atoms with E-state index in [-0.39, 0.29) is 6.04 Å². The normalized spacial score (nSPS) is 12.2. The van der Waals surface area contributed by atoms with Crippen molar-refractivity contribution in [2.45, 2.75) is 12.5 Å². The lowest BCUT2D eigenvalue weighted by atomic mass is 9.97. The molecule has 0 aliphatic rings. The van der Waals surface area contributed by atoms with Gasteiger partial charge in [0.1, 0.15) is 5.75 Å². The van der Waals surface area contributed by atoms with E-state index in [0.717, 1.165) is 16.1 Å². The number of ether oxygens (including phenoxy) is 1. The summed E-state index contributed by atoms with van der Waals surface area (Å²) in [5.41, 5.74) is 1.22.